The Morgan fingerprint density at radius 2 is 1.74 bits per heavy atom. The van der Waals surface area contributed by atoms with Gasteiger partial charge in [-0.05, 0) is 49.4 Å². The SMILES string of the molecule is CC(C)CC(C(=O)O)N(C(=O)C(C)N)c1ccccc1C(=O)C1Cc2ccccc2S1. The lowest BCUT2D eigenvalue weighted by atomic mass is 9.97. The standard InChI is InChI=1S/C24H28N2O4S/c1-14(2)12-19(24(29)30)26(23(28)15(3)25)18-10-6-5-9-17(18)22(27)21-13-16-8-4-7-11-20(16)31-21/h4-11,14-15,19,21H,12-13,25H2,1-3H3,(H,29,30). The number of anilines is 1. The molecule has 0 aromatic heterocycles. The second kappa shape index (κ2) is 9.66. The number of hydrogen-bond donors (Lipinski definition) is 2. The molecule has 2 aromatic rings. The van der Waals surface area contributed by atoms with Gasteiger partial charge in [0, 0.05) is 10.5 Å². The van der Waals surface area contributed by atoms with Gasteiger partial charge in [-0.3, -0.25) is 14.5 Å². The lowest BCUT2D eigenvalue weighted by Crippen LogP contribution is -2.52. The molecule has 7 heteroatoms. The van der Waals surface area contributed by atoms with Crippen molar-refractivity contribution in [1.82, 2.24) is 0 Å². The van der Waals surface area contributed by atoms with E-state index in [4.69, 9.17) is 5.73 Å². The van der Waals surface area contributed by atoms with Gasteiger partial charge in [0.2, 0.25) is 5.91 Å². The molecule has 0 saturated heterocycles. The fourth-order valence-corrected chi connectivity index (χ4v) is 5.08. The molecule has 0 saturated carbocycles. The van der Waals surface area contributed by atoms with E-state index in [1.165, 1.54) is 23.6 Å². The van der Waals surface area contributed by atoms with Crippen LogP contribution in [-0.2, 0) is 16.0 Å². The summed E-state index contributed by atoms with van der Waals surface area (Å²) < 4.78 is 0. The van der Waals surface area contributed by atoms with Crippen LogP contribution >= 0.6 is 11.8 Å². The highest BCUT2D eigenvalue weighted by molar-refractivity contribution is 8.01. The number of aliphatic carboxylic acids is 1. The first-order chi connectivity index (χ1) is 14.7. The topological polar surface area (TPSA) is 101 Å². The Morgan fingerprint density at radius 1 is 1.10 bits per heavy atom. The van der Waals surface area contributed by atoms with Crippen LogP contribution < -0.4 is 10.6 Å². The Balaban J connectivity index is 2.02. The number of Topliss-reactive ketones (excluding diaryl/α,β-unsaturated/α-hetero) is 1. The number of rotatable bonds is 8. The summed E-state index contributed by atoms with van der Waals surface area (Å²) in [4.78, 5) is 41.0. The van der Waals surface area contributed by atoms with E-state index in [9.17, 15) is 19.5 Å². The second-order valence-electron chi connectivity index (χ2n) is 8.28. The Kier molecular flexibility index (Phi) is 7.18. The molecular formula is C24H28N2O4S. The van der Waals surface area contributed by atoms with E-state index in [0.717, 1.165) is 10.5 Å². The zero-order valence-corrected chi connectivity index (χ0v) is 18.8. The first-order valence-corrected chi connectivity index (χ1v) is 11.3. The first kappa shape index (κ1) is 23.0. The van der Waals surface area contributed by atoms with E-state index < -0.39 is 24.0 Å². The van der Waals surface area contributed by atoms with Gasteiger partial charge in [-0.15, -0.1) is 11.8 Å². The van der Waals surface area contributed by atoms with Crippen molar-refractivity contribution >= 4 is 35.1 Å². The Morgan fingerprint density at radius 3 is 2.35 bits per heavy atom. The van der Waals surface area contributed by atoms with Gasteiger partial charge >= 0.3 is 5.97 Å². The van der Waals surface area contributed by atoms with Gasteiger partial charge in [0.1, 0.15) is 6.04 Å². The van der Waals surface area contributed by atoms with Crippen molar-refractivity contribution in [3.05, 3.63) is 59.7 Å². The smallest absolute Gasteiger partial charge is 0.326 e. The van der Waals surface area contributed by atoms with E-state index >= 15 is 0 Å². The average molecular weight is 441 g/mol. The third kappa shape index (κ3) is 4.99. The lowest BCUT2D eigenvalue weighted by Gasteiger charge is -2.33. The van der Waals surface area contributed by atoms with Crippen molar-refractivity contribution in [3.63, 3.8) is 0 Å². The summed E-state index contributed by atoms with van der Waals surface area (Å²) in [5.74, 6) is -1.72. The number of benzene rings is 2. The molecule has 0 bridgehead atoms. The van der Waals surface area contributed by atoms with Crippen LogP contribution in [-0.4, -0.2) is 40.1 Å². The van der Waals surface area contributed by atoms with Gasteiger partial charge in [0.25, 0.3) is 0 Å². The summed E-state index contributed by atoms with van der Waals surface area (Å²) >= 11 is 1.51. The highest BCUT2D eigenvalue weighted by Gasteiger charge is 2.37. The van der Waals surface area contributed by atoms with Crippen LogP contribution in [0.4, 0.5) is 5.69 Å². The third-order valence-corrected chi connectivity index (χ3v) is 6.60. The van der Waals surface area contributed by atoms with Crippen LogP contribution in [0.1, 0.15) is 43.1 Å². The van der Waals surface area contributed by atoms with E-state index in [0.29, 0.717) is 17.7 Å². The van der Waals surface area contributed by atoms with Crippen molar-refractivity contribution in [1.29, 1.82) is 0 Å². The number of carbonyl (C=O) groups excluding carboxylic acids is 2. The number of para-hydroxylation sites is 1. The molecule has 31 heavy (non-hydrogen) atoms. The van der Waals surface area contributed by atoms with Crippen LogP contribution in [0.3, 0.4) is 0 Å². The largest absolute Gasteiger partial charge is 0.480 e. The van der Waals surface area contributed by atoms with Crippen LogP contribution in [0.15, 0.2) is 53.4 Å². The minimum absolute atomic E-state index is 0.0345. The van der Waals surface area contributed by atoms with Gasteiger partial charge in [-0.1, -0.05) is 44.2 Å². The fraction of sp³-hybridized carbons (Fsp3) is 0.375. The Hall–Kier alpha value is -2.64. The molecule has 6 nitrogen and oxygen atoms in total. The number of nitrogens with two attached hydrogens (primary N) is 1. The van der Waals surface area contributed by atoms with Crippen molar-refractivity contribution in [2.75, 3.05) is 4.90 Å². The highest BCUT2D eigenvalue weighted by Crippen LogP contribution is 2.39. The highest BCUT2D eigenvalue weighted by atomic mass is 32.2. The molecule has 3 rings (SSSR count). The molecule has 1 heterocycles. The van der Waals surface area contributed by atoms with Crippen molar-refractivity contribution in [3.8, 4) is 0 Å². The number of amides is 1. The quantitative estimate of drug-likeness (QED) is 0.606. The van der Waals surface area contributed by atoms with Gasteiger partial charge in [0.05, 0.1) is 17.0 Å². The molecule has 0 fully saturated rings. The van der Waals surface area contributed by atoms with E-state index in [2.05, 4.69) is 0 Å². The van der Waals surface area contributed by atoms with Gasteiger partial charge in [0.15, 0.2) is 5.78 Å². The summed E-state index contributed by atoms with van der Waals surface area (Å²) in [6, 6.07) is 12.6. The van der Waals surface area contributed by atoms with Gasteiger partial charge < -0.3 is 10.8 Å². The first-order valence-electron chi connectivity index (χ1n) is 10.4. The summed E-state index contributed by atoms with van der Waals surface area (Å²) in [6.45, 7) is 5.32. The molecule has 1 aliphatic rings. The monoisotopic (exact) mass is 440 g/mol. The second-order valence-corrected chi connectivity index (χ2v) is 9.52. The van der Waals surface area contributed by atoms with Crippen LogP contribution in [0, 0.1) is 5.92 Å². The normalized spacial score (nSPS) is 17.1. The minimum atomic E-state index is -1.12. The summed E-state index contributed by atoms with van der Waals surface area (Å²) in [7, 11) is 0. The molecule has 1 aliphatic heterocycles. The molecule has 0 radical (unpaired) electrons. The number of hydrogen-bond acceptors (Lipinski definition) is 5. The van der Waals surface area contributed by atoms with E-state index in [1.54, 1.807) is 24.3 Å². The molecule has 3 N–H and O–H groups in total. The van der Waals surface area contributed by atoms with Crippen LogP contribution in [0.5, 0.6) is 0 Å². The van der Waals surface area contributed by atoms with Crippen molar-refractivity contribution in [2.24, 2.45) is 11.7 Å². The Labute approximate surface area is 186 Å². The number of carboxylic acid groups (broad SMARTS) is 1. The average Bonchev–Trinajstić information content (AvgIpc) is 3.16. The molecule has 2 aromatic carbocycles. The number of nitrogens with zero attached hydrogens (tertiary/aromatic N) is 1. The third-order valence-electron chi connectivity index (χ3n) is 5.29. The van der Waals surface area contributed by atoms with Gasteiger partial charge in [-0.25, -0.2) is 4.79 Å². The fourth-order valence-electron chi connectivity index (χ4n) is 3.82. The maximum absolute atomic E-state index is 13.5. The molecular weight excluding hydrogens is 412 g/mol. The summed E-state index contributed by atoms with van der Waals surface area (Å²) in [6.07, 6.45) is 0.851. The molecule has 0 aliphatic carbocycles. The summed E-state index contributed by atoms with van der Waals surface area (Å²) in [5.41, 5.74) is 7.65. The van der Waals surface area contributed by atoms with Crippen molar-refractivity contribution in [2.45, 2.75) is 55.8 Å². The molecule has 1 amide bonds. The van der Waals surface area contributed by atoms with Crippen LogP contribution in [0.25, 0.3) is 0 Å². The predicted molar refractivity (Wildman–Crippen MR) is 123 cm³/mol. The van der Waals surface area contributed by atoms with Gasteiger partial charge in [-0.2, -0.15) is 0 Å². The molecule has 0 spiro atoms. The van der Waals surface area contributed by atoms with Crippen molar-refractivity contribution < 1.29 is 19.5 Å². The van der Waals surface area contributed by atoms with Crippen LogP contribution in [0.2, 0.25) is 0 Å². The zero-order valence-electron chi connectivity index (χ0n) is 17.9. The Bertz CT molecular complexity index is 964. The van der Waals surface area contributed by atoms with E-state index in [1.807, 2.05) is 38.1 Å². The maximum atomic E-state index is 13.5. The molecule has 164 valence electrons. The number of fused-ring (bicyclic) bond motifs is 1. The van der Waals surface area contributed by atoms with E-state index in [-0.39, 0.29) is 23.4 Å². The zero-order chi connectivity index (χ0) is 22.7. The number of ketones is 1. The summed E-state index contributed by atoms with van der Waals surface area (Å²) in [5, 5.41) is 9.60. The maximum Gasteiger partial charge on any atom is 0.326 e. The number of thioether (sulfide) groups is 1. The number of carbonyl (C=O) groups is 3. The predicted octanol–water partition coefficient (Wildman–Crippen LogP) is 3.77. The number of carboxylic acids is 1. The molecule has 3 atom stereocenters. The minimum Gasteiger partial charge on any atom is -0.480 e. The lowest BCUT2D eigenvalue weighted by molar-refractivity contribution is -0.140. The molecule has 3 unspecified atom stereocenters.